The molecule has 0 saturated carbocycles. The number of anilines is 1. The Morgan fingerprint density at radius 2 is 2.08 bits per heavy atom. The second-order valence-corrected chi connectivity index (χ2v) is 6.85. The van der Waals surface area contributed by atoms with Gasteiger partial charge in [-0.3, -0.25) is 4.98 Å². The SMILES string of the molecule is C[C@H](c1ccccn1)N(C)C(=O)NCCCN1CCCc2ccccc21. The summed E-state index contributed by atoms with van der Waals surface area (Å²) in [5.74, 6) is 0. The van der Waals surface area contributed by atoms with Gasteiger partial charge in [0.2, 0.25) is 0 Å². The molecular formula is C21H28N4O. The summed E-state index contributed by atoms with van der Waals surface area (Å²) in [6.45, 7) is 4.74. The number of rotatable bonds is 6. The van der Waals surface area contributed by atoms with Gasteiger partial charge in [-0.05, 0) is 49.9 Å². The van der Waals surface area contributed by atoms with E-state index in [4.69, 9.17) is 0 Å². The van der Waals surface area contributed by atoms with Crippen LogP contribution < -0.4 is 10.2 Å². The quantitative estimate of drug-likeness (QED) is 0.808. The van der Waals surface area contributed by atoms with Crippen LogP contribution in [-0.2, 0) is 6.42 Å². The van der Waals surface area contributed by atoms with Crippen molar-refractivity contribution < 1.29 is 4.79 Å². The first-order valence-electron chi connectivity index (χ1n) is 9.41. The van der Waals surface area contributed by atoms with Crippen molar-refractivity contribution in [1.82, 2.24) is 15.2 Å². The van der Waals surface area contributed by atoms with Gasteiger partial charge in [-0.15, -0.1) is 0 Å². The Labute approximate surface area is 156 Å². The van der Waals surface area contributed by atoms with Gasteiger partial charge in [0.05, 0.1) is 11.7 Å². The fourth-order valence-electron chi connectivity index (χ4n) is 3.43. The monoisotopic (exact) mass is 352 g/mol. The third kappa shape index (κ3) is 4.34. The number of para-hydroxylation sites is 1. The van der Waals surface area contributed by atoms with Crippen molar-refractivity contribution in [3.8, 4) is 0 Å². The Kier molecular flexibility index (Phi) is 6.10. The summed E-state index contributed by atoms with van der Waals surface area (Å²) < 4.78 is 0. The van der Waals surface area contributed by atoms with Crippen molar-refractivity contribution in [2.75, 3.05) is 31.6 Å². The number of aromatic nitrogens is 1. The molecular weight excluding hydrogens is 324 g/mol. The van der Waals surface area contributed by atoms with Gasteiger partial charge in [-0.1, -0.05) is 24.3 Å². The highest BCUT2D eigenvalue weighted by molar-refractivity contribution is 5.74. The third-order valence-electron chi connectivity index (χ3n) is 5.10. The maximum absolute atomic E-state index is 12.4. The van der Waals surface area contributed by atoms with Gasteiger partial charge in [-0.2, -0.15) is 0 Å². The molecule has 2 aromatic rings. The van der Waals surface area contributed by atoms with Gasteiger partial charge in [0.25, 0.3) is 0 Å². The smallest absolute Gasteiger partial charge is 0.317 e. The molecule has 5 heteroatoms. The van der Waals surface area contributed by atoms with Crippen LogP contribution in [0.5, 0.6) is 0 Å². The van der Waals surface area contributed by atoms with E-state index < -0.39 is 0 Å². The van der Waals surface area contributed by atoms with Crippen molar-refractivity contribution in [1.29, 1.82) is 0 Å². The molecule has 0 aliphatic carbocycles. The van der Waals surface area contributed by atoms with Gasteiger partial charge in [0, 0.05) is 38.6 Å². The minimum atomic E-state index is -0.0535. The lowest BCUT2D eigenvalue weighted by Crippen LogP contribution is -2.40. The highest BCUT2D eigenvalue weighted by Crippen LogP contribution is 2.26. The Bertz CT molecular complexity index is 719. The normalized spacial score (nSPS) is 14.5. The molecule has 0 fully saturated rings. The Hall–Kier alpha value is -2.56. The largest absolute Gasteiger partial charge is 0.371 e. The standard InChI is InChI=1S/C21H28N4O/c1-17(19-11-5-6-13-22-19)24(2)21(26)23-14-8-16-25-15-7-10-18-9-3-4-12-20(18)25/h3-6,9,11-13,17H,7-8,10,14-16H2,1-2H3,(H,23,26)/t17-/m1/s1. The molecule has 0 bridgehead atoms. The minimum Gasteiger partial charge on any atom is -0.371 e. The van der Waals surface area contributed by atoms with E-state index in [0.717, 1.165) is 25.2 Å². The molecule has 1 N–H and O–H groups in total. The number of benzene rings is 1. The van der Waals surface area contributed by atoms with E-state index in [1.165, 1.54) is 24.1 Å². The molecule has 1 aromatic heterocycles. The molecule has 0 unspecified atom stereocenters. The van der Waals surface area contributed by atoms with Crippen LogP contribution in [0.4, 0.5) is 10.5 Å². The van der Waals surface area contributed by atoms with Crippen LogP contribution >= 0.6 is 0 Å². The van der Waals surface area contributed by atoms with E-state index in [9.17, 15) is 4.79 Å². The van der Waals surface area contributed by atoms with E-state index in [-0.39, 0.29) is 12.1 Å². The number of urea groups is 1. The number of pyridine rings is 1. The molecule has 0 spiro atoms. The van der Waals surface area contributed by atoms with E-state index in [1.54, 1.807) is 11.1 Å². The van der Waals surface area contributed by atoms with Crippen LogP contribution in [0.15, 0.2) is 48.7 Å². The molecule has 1 atom stereocenters. The number of carbonyl (C=O) groups is 1. The molecule has 1 aliphatic heterocycles. The van der Waals surface area contributed by atoms with E-state index in [0.29, 0.717) is 6.54 Å². The van der Waals surface area contributed by atoms with Gasteiger partial charge in [0.1, 0.15) is 0 Å². The van der Waals surface area contributed by atoms with Crippen molar-refractivity contribution in [2.45, 2.75) is 32.2 Å². The van der Waals surface area contributed by atoms with Gasteiger partial charge >= 0.3 is 6.03 Å². The molecule has 0 radical (unpaired) electrons. The zero-order valence-electron chi connectivity index (χ0n) is 15.7. The number of amides is 2. The van der Waals surface area contributed by atoms with Crippen LogP contribution in [0.2, 0.25) is 0 Å². The first-order chi connectivity index (χ1) is 12.7. The Balaban J connectivity index is 1.44. The van der Waals surface area contributed by atoms with Gasteiger partial charge < -0.3 is 15.1 Å². The average molecular weight is 352 g/mol. The number of aryl methyl sites for hydroxylation is 1. The lowest BCUT2D eigenvalue weighted by molar-refractivity contribution is 0.193. The maximum atomic E-state index is 12.4. The van der Waals surface area contributed by atoms with Crippen LogP contribution in [-0.4, -0.2) is 42.6 Å². The molecule has 0 saturated heterocycles. The zero-order chi connectivity index (χ0) is 18.4. The lowest BCUT2D eigenvalue weighted by atomic mass is 10.0. The van der Waals surface area contributed by atoms with E-state index in [1.807, 2.05) is 32.2 Å². The topological polar surface area (TPSA) is 48.5 Å². The number of hydrogen-bond donors (Lipinski definition) is 1. The summed E-state index contributed by atoms with van der Waals surface area (Å²) in [5, 5.41) is 3.03. The molecule has 138 valence electrons. The fourth-order valence-corrected chi connectivity index (χ4v) is 3.43. The lowest BCUT2D eigenvalue weighted by Gasteiger charge is -2.31. The molecule has 3 rings (SSSR count). The highest BCUT2D eigenvalue weighted by Gasteiger charge is 2.18. The maximum Gasteiger partial charge on any atom is 0.317 e. The summed E-state index contributed by atoms with van der Waals surface area (Å²) >= 11 is 0. The number of nitrogens with one attached hydrogen (secondary N) is 1. The molecule has 26 heavy (non-hydrogen) atoms. The first kappa shape index (κ1) is 18.2. The summed E-state index contributed by atoms with van der Waals surface area (Å²) in [7, 11) is 1.82. The summed E-state index contributed by atoms with van der Waals surface area (Å²) in [5.41, 5.74) is 3.69. The van der Waals surface area contributed by atoms with Crippen molar-refractivity contribution in [3.05, 3.63) is 59.9 Å². The van der Waals surface area contributed by atoms with E-state index in [2.05, 4.69) is 39.5 Å². The summed E-state index contributed by atoms with van der Waals surface area (Å²) in [6.07, 6.45) is 5.06. The zero-order valence-corrected chi connectivity index (χ0v) is 15.7. The van der Waals surface area contributed by atoms with E-state index >= 15 is 0 Å². The third-order valence-corrected chi connectivity index (χ3v) is 5.10. The predicted molar refractivity (Wildman–Crippen MR) is 105 cm³/mol. The Morgan fingerprint density at radius 1 is 1.27 bits per heavy atom. The number of carbonyl (C=O) groups excluding carboxylic acids is 1. The Morgan fingerprint density at radius 3 is 2.88 bits per heavy atom. The average Bonchev–Trinajstić information content (AvgIpc) is 2.70. The minimum absolute atomic E-state index is 0.0508. The van der Waals surface area contributed by atoms with Crippen molar-refractivity contribution in [3.63, 3.8) is 0 Å². The van der Waals surface area contributed by atoms with Crippen molar-refractivity contribution >= 4 is 11.7 Å². The van der Waals surface area contributed by atoms with Crippen LogP contribution in [0.3, 0.4) is 0 Å². The van der Waals surface area contributed by atoms with Gasteiger partial charge in [-0.25, -0.2) is 4.79 Å². The van der Waals surface area contributed by atoms with Crippen LogP contribution in [0, 0.1) is 0 Å². The highest BCUT2D eigenvalue weighted by atomic mass is 16.2. The van der Waals surface area contributed by atoms with Crippen molar-refractivity contribution in [2.24, 2.45) is 0 Å². The summed E-state index contributed by atoms with van der Waals surface area (Å²) in [6, 6.07) is 14.3. The second kappa shape index (κ2) is 8.70. The van der Waals surface area contributed by atoms with Crippen LogP contribution in [0.1, 0.15) is 37.1 Å². The molecule has 5 nitrogen and oxygen atoms in total. The first-order valence-corrected chi connectivity index (χ1v) is 9.41. The second-order valence-electron chi connectivity index (χ2n) is 6.85. The van der Waals surface area contributed by atoms with Crippen LogP contribution in [0.25, 0.3) is 0 Å². The summed E-state index contributed by atoms with van der Waals surface area (Å²) in [4.78, 5) is 20.9. The molecule has 2 heterocycles. The predicted octanol–water partition coefficient (Wildman–Crippen LogP) is 3.63. The number of nitrogens with zero attached hydrogens (tertiary/aromatic N) is 3. The molecule has 1 aromatic carbocycles. The number of fused-ring (bicyclic) bond motifs is 1. The molecule has 2 amide bonds. The fraction of sp³-hybridized carbons (Fsp3) is 0.429. The van der Waals surface area contributed by atoms with Gasteiger partial charge in [0.15, 0.2) is 0 Å². The molecule has 1 aliphatic rings. The number of hydrogen-bond acceptors (Lipinski definition) is 3.